The van der Waals surface area contributed by atoms with E-state index in [2.05, 4.69) is 0 Å². The first-order valence-electron chi connectivity index (χ1n) is 14.1. The van der Waals surface area contributed by atoms with Gasteiger partial charge >= 0.3 is 5.97 Å². The third kappa shape index (κ3) is 8.13. The molecule has 226 valence electrons. The molecule has 0 radical (unpaired) electrons. The number of hydrogen-bond donors (Lipinski definition) is 2. The molecule has 0 spiro atoms. The van der Waals surface area contributed by atoms with Crippen LogP contribution in [0, 0.1) is 18.8 Å². The normalized spacial score (nSPS) is 22.2. The molecule has 2 aromatic carbocycles. The van der Waals surface area contributed by atoms with Crippen molar-refractivity contribution in [2.75, 3.05) is 46.9 Å². The fraction of sp³-hybridized carbons (Fsp3) is 0.567. The minimum Gasteiger partial charge on any atom is -0.459 e. The number of aryl methyl sites for hydroxylation is 1. The number of esters is 1. The maximum Gasteiger partial charge on any atom is 0.306 e. The van der Waals surface area contributed by atoms with E-state index in [0.29, 0.717) is 25.1 Å². The van der Waals surface area contributed by atoms with E-state index >= 15 is 0 Å². The summed E-state index contributed by atoms with van der Waals surface area (Å²) in [6.07, 6.45) is -0.843. The topological polar surface area (TPSA) is 126 Å². The van der Waals surface area contributed by atoms with Crippen molar-refractivity contribution < 1.29 is 37.6 Å². The van der Waals surface area contributed by atoms with Crippen molar-refractivity contribution in [1.29, 1.82) is 0 Å². The summed E-state index contributed by atoms with van der Waals surface area (Å²) in [6, 6.07) is 14.2. The SMILES string of the molecule is Cc1ccc(S(=O)(=O)N(CCN(C)C)C[C@@H](O)[C@@H](CC(=O)OC2CO[C@H]3OCCC23)Cc2ccccc2)cc1CO. The van der Waals surface area contributed by atoms with Gasteiger partial charge in [0.15, 0.2) is 6.29 Å². The molecule has 2 saturated heterocycles. The second-order valence-electron chi connectivity index (χ2n) is 11.2. The standard InChI is InChI=1S/C30H42N2O8S/c1-21-9-10-25(16-24(21)19-33)41(36,37)32(13-12-31(2)3)18-27(34)23(15-22-7-5-4-6-8-22)17-29(35)40-28-20-39-30-26(28)11-14-38-30/h4-10,16,23,26-28,30,33-34H,11-15,17-20H2,1-3H3/t23-,26?,27-,28?,30-/m1/s1. The van der Waals surface area contributed by atoms with Crippen LogP contribution in [-0.2, 0) is 42.1 Å². The summed E-state index contributed by atoms with van der Waals surface area (Å²) in [4.78, 5) is 15.0. The van der Waals surface area contributed by atoms with Gasteiger partial charge in [-0.15, -0.1) is 0 Å². The zero-order valence-corrected chi connectivity index (χ0v) is 24.8. The molecule has 2 aliphatic heterocycles. The Bertz CT molecular complexity index is 1260. The molecular weight excluding hydrogens is 548 g/mol. The fourth-order valence-corrected chi connectivity index (χ4v) is 6.85. The molecule has 2 aromatic rings. The first kappa shape index (κ1) is 31.6. The van der Waals surface area contributed by atoms with Gasteiger partial charge in [0.05, 0.1) is 43.2 Å². The van der Waals surface area contributed by atoms with Gasteiger partial charge in [-0.3, -0.25) is 4.79 Å². The van der Waals surface area contributed by atoms with Gasteiger partial charge in [0.2, 0.25) is 10.0 Å². The summed E-state index contributed by atoms with van der Waals surface area (Å²) in [5.41, 5.74) is 2.23. The molecule has 5 atom stereocenters. The van der Waals surface area contributed by atoms with Gasteiger partial charge < -0.3 is 29.3 Å². The molecule has 0 bridgehead atoms. The third-order valence-corrected chi connectivity index (χ3v) is 9.76. The predicted molar refractivity (Wildman–Crippen MR) is 152 cm³/mol. The van der Waals surface area contributed by atoms with Crippen molar-refractivity contribution in [1.82, 2.24) is 9.21 Å². The molecule has 2 heterocycles. The number of nitrogens with zero attached hydrogens (tertiary/aromatic N) is 2. The van der Waals surface area contributed by atoms with E-state index in [0.717, 1.165) is 17.5 Å². The second kappa shape index (κ2) is 14.2. The molecule has 4 rings (SSSR count). The van der Waals surface area contributed by atoms with Crippen LogP contribution in [0.4, 0.5) is 0 Å². The predicted octanol–water partition coefficient (Wildman–Crippen LogP) is 1.95. The number of carbonyl (C=O) groups excluding carboxylic acids is 1. The van der Waals surface area contributed by atoms with Gasteiger partial charge in [0, 0.05) is 25.6 Å². The molecule has 41 heavy (non-hydrogen) atoms. The molecule has 2 unspecified atom stereocenters. The monoisotopic (exact) mass is 590 g/mol. The highest BCUT2D eigenvalue weighted by atomic mass is 32.2. The van der Waals surface area contributed by atoms with Gasteiger partial charge in [-0.05, 0) is 62.7 Å². The number of sulfonamides is 1. The van der Waals surface area contributed by atoms with Crippen molar-refractivity contribution in [3.05, 3.63) is 65.2 Å². The lowest BCUT2D eigenvalue weighted by Crippen LogP contribution is -2.44. The molecule has 2 aliphatic rings. The van der Waals surface area contributed by atoms with Gasteiger partial charge in [-0.1, -0.05) is 36.4 Å². The van der Waals surface area contributed by atoms with Gasteiger partial charge in [-0.2, -0.15) is 4.31 Å². The Kier molecular flexibility index (Phi) is 10.9. The molecular formula is C30H42N2O8S. The highest BCUT2D eigenvalue weighted by molar-refractivity contribution is 7.89. The maximum absolute atomic E-state index is 13.8. The van der Waals surface area contributed by atoms with Crippen LogP contribution in [0.3, 0.4) is 0 Å². The third-order valence-electron chi connectivity index (χ3n) is 7.90. The summed E-state index contributed by atoms with van der Waals surface area (Å²) in [5, 5.41) is 21.2. The Morgan fingerprint density at radius 3 is 2.59 bits per heavy atom. The van der Waals surface area contributed by atoms with Crippen molar-refractivity contribution in [2.45, 2.75) is 56.2 Å². The van der Waals surface area contributed by atoms with Crippen LogP contribution in [0.1, 0.15) is 29.5 Å². The highest BCUT2D eigenvalue weighted by Crippen LogP contribution is 2.33. The number of aliphatic hydroxyl groups excluding tert-OH is 2. The lowest BCUT2D eigenvalue weighted by molar-refractivity contribution is -0.153. The Labute approximate surface area is 242 Å². The van der Waals surface area contributed by atoms with Gasteiger partial charge in [-0.25, -0.2) is 8.42 Å². The summed E-state index contributed by atoms with van der Waals surface area (Å²) in [6.45, 7) is 2.74. The van der Waals surface area contributed by atoms with Crippen molar-refractivity contribution in [2.24, 2.45) is 11.8 Å². The van der Waals surface area contributed by atoms with Crippen LogP contribution in [0.2, 0.25) is 0 Å². The Morgan fingerprint density at radius 2 is 1.88 bits per heavy atom. The lowest BCUT2D eigenvalue weighted by atomic mass is 9.90. The van der Waals surface area contributed by atoms with Gasteiger partial charge in [0.25, 0.3) is 0 Å². The molecule has 2 fully saturated rings. The van der Waals surface area contributed by atoms with E-state index in [-0.39, 0.29) is 49.8 Å². The molecule has 0 amide bonds. The van der Waals surface area contributed by atoms with Crippen LogP contribution in [0.15, 0.2) is 53.4 Å². The average molecular weight is 591 g/mol. The number of fused-ring (bicyclic) bond motifs is 1. The summed E-state index contributed by atoms with van der Waals surface area (Å²) in [7, 11) is -0.325. The number of aliphatic hydroxyl groups is 2. The average Bonchev–Trinajstić information content (AvgIpc) is 3.56. The number of likely N-dealkylation sites (N-methyl/N-ethyl adjacent to an activating group) is 1. The van der Waals surface area contributed by atoms with Crippen molar-refractivity contribution in [3.63, 3.8) is 0 Å². The number of hydrogen-bond acceptors (Lipinski definition) is 9. The molecule has 11 heteroatoms. The van der Waals surface area contributed by atoms with Crippen molar-refractivity contribution >= 4 is 16.0 Å². The van der Waals surface area contributed by atoms with Crippen LogP contribution in [-0.4, -0.2) is 99.2 Å². The van der Waals surface area contributed by atoms with E-state index in [1.54, 1.807) is 13.0 Å². The first-order chi connectivity index (χ1) is 19.6. The van der Waals surface area contributed by atoms with Crippen LogP contribution >= 0.6 is 0 Å². The Hall–Kier alpha value is -2.38. The maximum atomic E-state index is 13.8. The Balaban J connectivity index is 1.54. The summed E-state index contributed by atoms with van der Waals surface area (Å²) < 4.78 is 45.8. The fourth-order valence-electron chi connectivity index (χ4n) is 5.35. The van der Waals surface area contributed by atoms with E-state index in [1.165, 1.54) is 16.4 Å². The quantitative estimate of drug-likeness (QED) is 0.318. The van der Waals surface area contributed by atoms with Crippen LogP contribution in [0.5, 0.6) is 0 Å². The molecule has 0 saturated carbocycles. The van der Waals surface area contributed by atoms with E-state index in [9.17, 15) is 23.4 Å². The van der Waals surface area contributed by atoms with E-state index < -0.39 is 34.1 Å². The van der Waals surface area contributed by atoms with Crippen LogP contribution < -0.4 is 0 Å². The van der Waals surface area contributed by atoms with Gasteiger partial charge in [0.1, 0.15) is 6.10 Å². The van der Waals surface area contributed by atoms with Crippen molar-refractivity contribution in [3.8, 4) is 0 Å². The van der Waals surface area contributed by atoms with E-state index in [1.807, 2.05) is 49.3 Å². The highest BCUT2D eigenvalue weighted by Gasteiger charge is 2.44. The zero-order chi connectivity index (χ0) is 29.6. The first-order valence-corrected chi connectivity index (χ1v) is 15.5. The largest absolute Gasteiger partial charge is 0.459 e. The Morgan fingerprint density at radius 1 is 1.12 bits per heavy atom. The van der Waals surface area contributed by atoms with Crippen LogP contribution in [0.25, 0.3) is 0 Å². The smallest absolute Gasteiger partial charge is 0.306 e. The zero-order valence-electron chi connectivity index (χ0n) is 24.0. The summed E-state index contributed by atoms with van der Waals surface area (Å²) >= 11 is 0. The summed E-state index contributed by atoms with van der Waals surface area (Å²) in [5.74, 6) is -1.05. The molecule has 2 N–H and O–H groups in total. The lowest BCUT2D eigenvalue weighted by Gasteiger charge is -2.30. The number of rotatable bonds is 14. The molecule has 10 nitrogen and oxygen atoms in total. The second-order valence-corrected chi connectivity index (χ2v) is 13.1. The number of benzene rings is 2. The molecule has 0 aromatic heterocycles. The molecule has 0 aliphatic carbocycles. The minimum atomic E-state index is -4.02. The number of carbonyl (C=O) groups is 1. The van der Waals surface area contributed by atoms with E-state index in [4.69, 9.17) is 14.2 Å². The number of ether oxygens (including phenoxy) is 3. The minimum absolute atomic E-state index is 0.00133.